The molecule has 1 aromatic rings. The molecule has 1 atom stereocenters. The number of benzene rings is 1. The summed E-state index contributed by atoms with van der Waals surface area (Å²) in [5.74, 6) is 0.108. The van der Waals surface area contributed by atoms with Crippen LogP contribution in [0.1, 0.15) is 23.6 Å². The van der Waals surface area contributed by atoms with Crippen LogP contribution in [0.25, 0.3) is 0 Å². The molecule has 0 amide bonds. The van der Waals surface area contributed by atoms with Crippen LogP contribution in [0.2, 0.25) is 0 Å². The fourth-order valence-electron chi connectivity index (χ4n) is 1.53. The first kappa shape index (κ1) is 13.5. The molecule has 5 N–H and O–H groups in total. The summed E-state index contributed by atoms with van der Waals surface area (Å²) in [5.41, 5.74) is 8.39. The number of nitrogens with one attached hydrogen (secondary N) is 1. The normalized spacial score (nSPS) is 13.7. The molecular weight excluding hydrogens is 218 g/mol. The van der Waals surface area contributed by atoms with E-state index < -0.39 is 0 Å². The van der Waals surface area contributed by atoms with Gasteiger partial charge in [0, 0.05) is 18.7 Å². The Morgan fingerprint density at radius 3 is 2.76 bits per heavy atom. The van der Waals surface area contributed by atoms with Crippen molar-refractivity contribution < 1.29 is 10.3 Å². The summed E-state index contributed by atoms with van der Waals surface area (Å²) in [7, 11) is 0. The summed E-state index contributed by atoms with van der Waals surface area (Å²) in [4.78, 5) is 0. The SMILES string of the molecule is Cc1cc(/C(N)=N/O)ccc1CNCC(C)O. The zero-order valence-electron chi connectivity index (χ0n) is 10.1. The van der Waals surface area contributed by atoms with E-state index in [1.54, 1.807) is 13.0 Å². The minimum Gasteiger partial charge on any atom is -0.409 e. The summed E-state index contributed by atoms with van der Waals surface area (Å²) in [6.07, 6.45) is -0.355. The van der Waals surface area contributed by atoms with Gasteiger partial charge in [0.25, 0.3) is 0 Å². The number of hydrogen-bond acceptors (Lipinski definition) is 4. The molecule has 0 bridgehead atoms. The third kappa shape index (κ3) is 4.05. The van der Waals surface area contributed by atoms with E-state index in [1.165, 1.54) is 0 Å². The zero-order valence-corrected chi connectivity index (χ0v) is 10.1. The number of amidine groups is 1. The molecule has 1 unspecified atom stereocenters. The monoisotopic (exact) mass is 237 g/mol. The average Bonchev–Trinajstić information content (AvgIpc) is 2.29. The van der Waals surface area contributed by atoms with Gasteiger partial charge in [-0.15, -0.1) is 0 Å². The van der Waals surface area contributed by atoms with Crippen molar-refractivity contribution in [3.63, 3.8) is 0 Å². The minimum atomic E-state index is -0.355. The number of oxime groups is 1. The van der Waals surface area contributed by atoms with E-state index in [4.69, 9.17) is 16.0 Å². The molecule has 0 fully saturated rings. The summed E-state index contributed by atoms with van der Waals surface area (Å²) < 4.78 is 0. The van der Waals surface area contributed by atoms with E-state index in [0.29, 0.717) is 18.7 Å². The maximum Gasteiger partial charge on any atom is 0.170 e. The van der Waals surface area contributed by atoms with Crippen LogP contribution in [0.3, 0.4) is 0 Å². The Balaban J connectivity index is 2.70. The number of nitrogens with two attached hydrogens (primary N) is 1. The van der Waals surface area contributed by atoms with Crippen molar-refractivity contribution in [3.8, 4) is 0 Å². The Morgan fingerprint density at radius 1 is 1.53 bits per heavy atom. The topological polar surface area (TPSA) is 90.9 Å². The van der Waals surface area contributed by atoms with Gasteiger partial charge < -0.3 is 21.4 Å². The highest BCUT2D eigenvalue weighted by atomic mass is 16.4. The lowest BCUT2D eigenvalue weighted by Crippen LogP contribution is -2.24. The predicted octanol–water partition coefficient (Wildman–Crippen LogP) is 0.560. The number of nitrogens with zero attached hydrogens (tertiary/aromatic N) is 1. The molecule has 1 rings (SSSR count). The van der Waals surface area contributed by atoms with E-state index in [9.17, 15) is 0 Å². The molecule has 5 heteroatoms. The zero-order chi connectivity index (χ0) is 12.8. The highest BCUT2D eigenvalue weighted by Gasteiger charge is 2.03. The Morgan fingerprint density at radius 2 is 2.24 bits per heavy atom. The van der Waals surface area contributed by atoms with Gasteiger partial charge in [-0.3, -0.25) is 0 Å². The van der Waals surface area contributed by atoms with Crippen LogP contribution in [0.5, 0.6) is 0 Å². The predicted molar refractivity (Wildman–Crippen MR) is 67.1 cm³/mol. The third-order valence-corrected chi connectivity index (χ3v) is 2.50. The molecule has 0 saturated carbocycles. The van der Waals surface area contributed by atoms with E-state index in [1.807, 2.05) is 19.1 Å². The number of aryl methyl sites for hydroxylation is 1. The van der Waals surface area contributed by atoms with E-state index in [0.717, 1.165) is 11.1 Å². The second-order valence-corrected chi connectivity index (χ2v) is 4.11. The Kier molecular flexibility index (Phi) is 4.93. The Bertz CT molecular complexity index is 403. The maximum atomic E-state index is 9.13. The summed E-state index contributed by atoms with van der Waals surface area (Å²) in [6, 6.07) is 5.60. The van der Waals surface area contributed by atoms with E-state index in [2.05, 4.69) is 10.5 Å². The molecule has 0 aliphatic rings. The first-order valence-electron chi connectivity index (χ1n) is 5.50. The fourth-order valence-corrected chi connectivity index (χ4v) is 1.53. The quantitative estimate of drug-likeness (QED) is 0.261. The van der Waals surface area contributed by atoms with Gasteiger partial charge in [0.05, 0.1) is 6.10 Å². The number of hydrogen-bond donors (Lipinski definition) is 4. The highest BCUT2D eigenvalue weighted by Crippen LogP contribution is 2.11. The van der Waals surface area contributed by atoms with Gasteiger partial charge in [0.15, 0.2) is 5.84 Å². The molecule has 0 aliphatic carbocycles. The molecular formula is C12H19N3O2. The second kappa shape index (κ2) is 6.22. The van der Waals surface area contributed by atoms with Gasteiger partial charge in [-0.05, 0) is 31.0 Å². The maximum absolute atomic E-state index is 9.13. The number of aliphatic hydroxyl groups excluding tert-OH is 1. The van der Waals surface area contributed by atoms with E-state index >= 15 is 0 Å². The molecule has 5 nitrogen and oxygen atoms in total. The van der Waals surface area contributed by atoms with Crippen LogP contribution < -0.4 is 11.1 Å². The van der Waals surface area contributed by atoms with Crippen LogP contribution in [0, 0.1) is 6.92 Å². The second-order valence-electron chi connectivity index (χ2n) is 4.11. The molecule has 0 aliphatic heterocycles. The molecule has 0 aromatic heterocycles. The lowest BCUT2D eigenvalue weighted by atomic mass is 10.0. The molecule has 0 spiro atoms. The van der Waals surface area contributed by atoms with E-state index in [-0.39, 0.29) is 11.9 Å². The number of rotatable bonds is 5. The summed E-state index contributed by atoms with van der Waals surface area (Å²) in [6.45, 7) is 4.95. The molecule has 1 aromatic carbocycles. The van der Waals surface area contributed by atoms with Crippen molar-refractivity contribution in [1.82, 2.24) is 5.32 Å². The van der Waals surface area contributed by atoms with Gasteiger partial charge >= 0.3 is 0 Å². The van der Waals surface area contributed by atoms with Crippen LogP contribution in [-0.2, 0) is 6.54 Å². The Labute approximate surface area is 101 Å². The molecule has 0 saturated heterocycles. The van der Waals surface area contributed by atoms with Crippen molar-refractivity contribution in [3.05, 3.63) is 34.9 Å². The smallest absolute Gasteiger partial charge is 0.170 e. The largest absolute Gasteiger partial charge is 0.409 e. The van der Waals surface area contributed by atoms with Crippen molar-refractivity contribution >= 4 is 5.84 Å². The fraction of sp³-hybridized carbons (Fsp3) is 0.417. The van der Waals surface area contributed by atoms with Gasteiger partial charge in [0.2, 0.25) is 0 Å². The highest BCUT2D eigenvalue weighted by molar-refractivity contribution is 5.97. The third-order valence-electron chi connectivity index (χ3n) is 2.50. The summed E-state index contributed by atoms with van der Waals surface area (Å²) >= 11 is 0. The van der Waals surface area contributed by atoms with Crippen molar-refractivity contribution in [2.75, 3.05) is 6.54 Å². The van der Waals surface area contributed by atoms with Crippen LogP contribution >= 0.6 is 0 Å². The summed E-state index contributed by atoms with van der Waals surface area (Å²) in [5, 5.41) is 23.8. The van der Waals surface area contributed by atoms with Gasteiger partial charge in [-0.2, -0.15) is 0 Å². The number of aliphatic hydroxyl groups is 1. The first-order chi connectivity index (χ1) is 8.04. The molecule has 0 heterocycles. The molecule has 0 radical (unpaired) electrons. The first-order valence-corrected chi connectivity index (χ1v) is 5.50. The van der Waals surface area contributed by atoms with Crippen molar-refractivity contribution in [1.29, 1.82) is 0 Å². The minimum absolute atomic E-state index is 0.108. The van der Waals surface area contributed by atoms with Gasteiger partial charge in [-0.1, -0.05) is 17.3 Å². The van der Waals surface area contributed by atoms with Crippen molar-refractivity contribution in [2.24, 2.45) is 10.9 Å². The molecule has 17 heavy (non-hydrogen) atoms. The Hall–Kier alpha value is -1.59. The van der Waals surface area contributed by atoms with Gasteiger partial charge in [0.1, 0.15) is 0 Å². The lowest BCUT2D eigenvalue weighted by Gasteiger charge is -2.10. The standard InChI is InChI=1S/C12H19N3O2/c1-8-5-10(12(13)15-17)3-4-11(8)7-14-6-9(2)16/h3-5,9,14,16-17H,6-7H2,1-2H3,(H2,13,15). The van der Waals surface area contributed by atoms with Gasteiger partial charge in [-0.25, -0.2) is 0 Å². The molecule has 94 valence electrons. The van der Waals surface area contributed by atoms with Crippen LogP contribution in [0.4, 0.5) is 0 Å². The van der Waals surface area contributed by atoms with Crippen molar-refractivity contribution in [2.45, 2.75) is 26.5 Å². The average molecular weight is 237 g/mol. The lowest BCUT2D eigenvalue weighted by molar-refractivity contribution is 0.191. The van der Waals surface area contributed by atoms with Crippen LogP contribution in [0.15, 0.2) is 23.4 Å². The van der Waals surface area contributed by atoms with Crippen LogP contribution in [-0.4, -0.2) is 28.8 Å².